The van der Waals surface area contributed by atoms with Crippen molar-refractivity contribution in [3.05, 3.63) is 23.8 Å². The van der Waals surface area contributed by atoms with Gasteiger partial charge in [-0.3, -0.25) is 4.79 Å². The van der Waals surface area contributed by atoms with Crippen LogP contribution in [0.1, 0.15) is 62.2 Å². The predicted octanol–water partition coefficient (Wildman–Crippen LogP) is 3.94. The molecule has 22 heavy (non-hydrogen) atoms. The Hall–Kier alpha value is -1.71. The third-order valence-corrected chi connectivity index (χ3v) is 4.08. The van der Waals surface area contributed by atoms with Crippen LogP contribution in [0.2, 0.25) is 0 Å². The van der Waals surface area contributed by atoms with Gasteiger partial charge in [0.25, 0.3) is 5.91 Å². The Kier molecular flexibility index (Phi) is 6.56. The molecule has 0 bridgehead atoms. The van der Waals surface area contributed by atoms with Gasteiger partial charge < -0.3 is 14.8 Å². The summed E-state index contributed by atoms with van der Waals surface area (Å²) in [6.45, 7) is 2.70. The van der Waals surface area contributed by atoms with E-state index in [0.717, 1.165) is 19.3 Å². The van der Waals surface area contributed by atoms with Gasteiger partial charge in [-0.1, -0.05) is 32.6 Å². The molecule has 0 unspecified atom stereocenters. The van der Waals surface area contributed by atoms with Gasteiger partial charge in [0.1, 0.15) is 0 Å². The number of ether oxygens (including phenoxy) is 2. The van der Waals surface area contributed by atoms with Gasteiger partial charge in [-0.2, -0.15) is 0 Å². The van der Waals surface area contributed by atoms with Crippen molar-refractivity contribution in [1.29, 1.82) is 0 Å². The number of rotatable bonds is 6. The van der Waals surface area contributed by atoms with Crippen LogP contribution in [0.3, 0.4) is 0 Å². The van der Waals surface area contributed by atoms with E-state index in [1.165, 1.54) is 25.7 Å². The number of methoxy groups -OCH3 is 1. The van der Waals surface area contributed by atoms with Crippen molar-refractivity contribution < 1.29 is 14.3 Å². The summed E-state index contributed by atoms with van der Waals surface area (Å²) in [6.07, 6.45) is 8.08. The lowest BCUT2D eigenvalue weighted by Crippen LogP contribution is -2.34. The lowest BCUT2D eigenvalue weighted by molar-refractivity contribution is 0.0933. The van der Waals surface area contributed by atoms with Crippen LogP contribution in [-0.4, -0.2) is 25.7 Å². The fourth-order valence-corrected chi connectivity index (χ4v) is 2.83. The minimum atomic E-state index is -0.0211. The van der Waals surface area contributed by atoms with Crippen LogP contribution in [0, 0.1) is 0 Å². The lowest BCUT2D eigenvalue weighted by Gasteiger charge is -2.17. The normalized spacial score (nSPS) is 15.9. The summed E-state index contributed by atoms with van der Waals surface area (Å²) in [5, 5.41) is 3.15. The van der Waals surface area contributed by atoms with E-state index < -0.39 is 0 Å². The Balaban J connectivity index is 2.02. The monoisotopic (exact) mass is 305 g/mol. The summed E-state index contributed by atoms with van der Waals surface area (Å²) >= 11 is 0. The molecule has 4 nitrogen and oxygen atoms in total. The maximum atomic E-state index is 12.4. The summed E-state index contributed by atoms with van der Waals surface area (Å²) in [4.78, 5) is 12.4. The van der Waals surface area contributed by atoms with Crippen LogP contribution < -0.4 is 14.8 Å². The van der Waals surface area contributed by atoms with Crippen LogP contribution >= 0.6 is 0 Å². The molecule has 1 aliphatic carbocycles. The molecule has 1 aliphatic rings. The van der Waals surface area contributed by atoms with Crippen LogP contribution in [-0.2, 0) is 0 Å². The molecule has 1 saturated carbocycles. The largest absolute Gasteiger partial charge is 0.493 e. The number of carbonyl (C=O) groups excluding carboxylic acids is 1. The number of nitrogens with one attached hydrogen (secondary N) is 1. The first-order valence-electron chi connectivity index (χ1n) is 8.36. The van der Waals surface area contributed by atoms with Gasteiger partial charge in [0.15, 0.2) is 11.5 Å². The maximum absolute atomic E-state index is 12.4. The Morgan fingerprint density at radius 1 is 1.18 bits per heavy atom. The fourth-order valence-electron chi connectivity index (χ4n) is 2.83. The smallest absolute Gasteiger partial charge is 0.251 e. The fraction of sp³-hybridized carbons (Fsp3) is 0.611. The molecule has 1 aromatic rings. The van der Waals surface area contributed by atoms with Crippen LogP contribution in [0.4, 0.5) is 0 Å². The number of hydrogen-bond acceptors (Lipinski definition) is 3. The van der Waals surface area contributed by atoms with Crippen LogP contribution in [0.15, 0.2) is 18.2 Å². The Labute approximate surface area is 133 Å². The average molecular weight is 305 g/mol. The zero-order valence-electron chi connectivity index (χ0n) is 13.7. The molecule has 1 fully saturated rings. The molecular weight excluding hydrogens is 278 g/mol. The van der Waals surface area contributed by atoms with Crippen molar-refractivity contribution in [2.24, 2.45) is 0 Å². The van der Waals surface area contributed by atoms with E-state index in [-0.39, 0.29) is 5.91 Å². The molecule has 0 spiro atoms. The molecule has 1 aromatic carbocycles. The summed E-state index contributed by atoms with van der Waals surface area (Å²) < 4.78 is 11.0. The third kappa shape index (κ3) is 4.65. The van der Waals surface area contributed by atoms with Gasteiger partial charge in [-0.05, 0) is 37.5 Å². The van der Waals surface area contributed by atoms with Crippen molar-refractivity contribution in [2.75, 3.05) is 13.7 Å². The topological polar surface area (TPSA) is 47.6 Å². The Morgan fingerprint density at radius 2 is 1.91 bits per heavy atom. The third-order valence-electron chi connectivity index (χ3n) is 4.08. The zero-order chi connectivity index (χ0) is 15.8. The number of benzene rings is 1. The quantitative estimate of drug-likeness (QED) is 0.810. The van der Waals surface area contributed by atoms with Crippen molar-refractivity contribution in [1.82, 2.24) is 5.32 Å². The van der Waals surface area contributed by atoms with E-state index in [9.17, 15) is 4.79 Å². The van der Waals surface area contributed by atoms with E-state index in [2.05, 4.69) is 12.2 Å². The number of hydrogen-bond donors (Lipinski definition) is 1. The van der Waals surface area contributed by atoms with Gasteiger partial charge in [0, 0.05) is 11.6 Å². The molecule has 4 heteroatoms. The van der Waals surface area contributed by atoms with Crippen molar-refractivity contribution in [3.63, 3.8) is 0 Å². The van der Waals surface area contributed by atoms with Gasteiger partial charge in [-0.25, -0.2) is 0 Å². The minimum Gasteiger partial charge on any atom is -0.493 e. The first-order valence-corrected chi connectivity index (χ1v) is 8.36. The Bertz CT molecular complexity index is 479. The first-order chi connectivity index (χ1) is 10.7. The summed E-state index contributed by atoms with van der Waals surface area (Å²) in [7, 11) is 1.60. The molecule has 1 N–H and O–H groups in total. The minimum absolute atomic E-state index is 0.0211. The van der Waals surface area contributed by atoms with E-state index in [4.69, 9.17) is 9.47 Å². The van der Waals surface area contributed by atoms with Gasteiger partial charge >= 0.3 is 0 Å². The van der Waals surface area contributed by atoms with Gasteiger partial charge in [0.2, 0.25) is 0 Å². The SMILES string of the molecule is CCCOc1ccc(C(=O)NC2CCCCCC2)cc1OC. The highest BCUT2D eigenvalue weighted by Crippen LogP contribution is 2.28. The maximum Gasteiger partial charge on any atom is 0.251 e. The highest BCUT2D eigenvalue weighted by molar-refractivity contribution is 5.95. The second-order valence-electron chi connectivity index (χ2n) is 5.88. The molecule has 0 saturated heterocycles. The molecule has 0 heterocycles. The molecule has 0 radical (unpaired) electrons. The van der Waals surface area contributed by atoms with Crippen molar-refractivity contribution >= 4 is 5.91 Å². The second-order valence-corrected chi connectivity index (χ2v) is 5.88. The molecule has 0 atom stereocenters. The van der Waals surface area contributed by atoms with Crippen molar-refractivity contribution in [3.8, 4) is 11.5 Å². The van der Waals surface area contributed by atoms with E-state index >= 15 is 0 Å². The summed E-state index contributed by atoms with van der Waals surface area (Å²) in [5.74, 6) is 1.28. The standard InChI is InChI=1S/C18H27NO3/c1-3-12-22-16-11-10-14(13-17(16)21-2)18(20)19-15-8-6-4-5-7-9-15/h10-11,13,15H,3-9,12H2,1-2H3,(H,19,20). The first kappa shape index (κ1) is 16.7. The molecule has 1 amide bonds. The summed E-state index contributed by atoms with van der Waals surface area (Å²) in [6, 6.07) is 5.68. The molecule has 0 aliphatic heterocycles. The van der Waals surface area contributed by atoms with Crippen LogP contribution in [0.25, 0.3) is 0 Å². The zero-order valence-corrected chi connectivity index (χ0v) is 13.7. The van der Waals surface area contributed by atoms with Gasteiger partial charge in [-0.15, -0.1) is 0 Å². The number of amides is 1. The average Bonchev–Trinajstić information content (AvgIpc) is 2.81. The highest BCUT2D eigenvalue weighted by Gasteiger charge is 2.17. The molecular formula is C18H27NO3. The van der Waals surface area contributed by atoms with E-state index in [0.29, 0.717) is 29.7 Å². The van der Waals surface area contributed by atoms with E-state index in [1.807, 2.05) is 6.07 Å². The summed E-state index contributed by atoms with van der Waals surface area (Å²) in [5.41, 5.74) is 0.630. The molecule has 0 aromatic heterocycles. The lowest BCUT2D eigenvalue weighted by atomic mass is 10.1. The highest BCUT2D eigenvalue weighted by atomic mass is 16.5. The predicted molar refractivity (Wildman–Crippen MR) is 87.7 cm³/mol. The van der Waals surface area contributed by atoms with Crippen molar-refractivity contribution in [2.45, 2.75) is 57.9 Å². The van der Waals surface area contributed by atoms with Crippen LogP contribution in [0.5, 0.6) is 11.5 Å². The molecule has 2 rings (SSSR count). The van der Waals surface area contributed by atoms with E-state index in [1.54, 1.807) is 19.2 Å². The van der Waals surface area contributed by atoms with Gasteiger partial charge in [0.05, 0.1) is 13.7 Å². The second kappa shape index (κ2) is 8.66. The molecule has 122 valence electrons. The Morgan fingerprint density at radius 3 is 2.55 bits per heavy atom. The number of carbonyl (C=O) groups is 1.